The van der Waals surface area contributed by atoms with Gasteiger partial charge in [-0.1, -0.05) is 67.1 Å². The average molecular weight is 363 g/mol. The molecule has 4 nitrogen and oxygen atoms in total. The van der Waals surface area contributed by atoms with Gasteiger partial charge in [-0.05, 0) is 36.3 Å². The van der Waals surface area contributed by atoms with Crippen molar-refractivity contribution in [2.45, 2.75) is 50.8 Å². The summed E-state index contributed by atoms with van der Waals surface area (Å²) in [6, 6.07) is 19.2. The molecule has 1 saturated heterocycles. The lowest BCUT2D eigenvalue weighted by Crippen LogP contribution is -2.46. The van der Waals surface area contributed by atoms with E-state index in [1.807, 2.05) is 65.6 Å². The molecular weight excluding hydrogens is 338 g/mol. The second-order valence-electron chi connectivity index (χ2n) is 7.57. The largest absolute Gasteiger partial charge is 0.459 e. The minimum Gasteiger partial charge on any atom is -0.459 e. The van der Waals surface area contributed by atoms with Crippen molar-refractivity contribution in [2.75, 3.05) is 0 Å². The van der Waals surface area contributed by atoms with Crippen LogP contribution in [0.15, 0.2) is 60.7 Å². The Morgan fingerprint density at radius 3 is 2.30 bits per heavy atom. The third-order valence-electron chi connectivity index (χ3n) is 5.82. The summed E-state index contributed by atoms with van der Waals surface area (Å²) in [4.78, 5) is 27.7. The molecule has 1 amide bonds. The van der Waals surface area contributed by atoms with Gasteiger partial charge < -0.3 is 9.64 Å². The van der Waals surface area contributed by atoms with Crippen molar-refractivity contribution in [1.82, 2.24) is 4.90 Å². The Balaban J connectivity index is 1.46. The number of hydrogen-bond acceptors (Lipinski definition) is 3. The predicted molar refractivity (Wildman–Crippen MR) is 103 cm³/mol. The maximum absolute atomic E-state index is 13.1. The van der Waals surface area contributed by atoms with Crippen LogP contribution in [-0.4, -0.2) is 28.9 Å². The third kappa shape index (κ3) is 3.90. The van der Waals surface area contributed by atoms with Crippen molar-refractivity contribution < 1.29 is 14.3 Å². The van der Waals surface area contributed by atoms with Crippen LogP contribution >= 0.6 is 0 Å². The first-order chi connectivity index (χ1) is 13.2. The summed E-state index contributed by atoms with van der Waals surface area (Å²) in [7, 11) is 0. The number of hydrogen-bond donors (Lipinski definition) is 0. The van der Waals surface area contributed by atoms with Gasteiger partial charge in [-0.15, -0.1) is 0 Å². The van der Waals surface area contributed by atoms with Gasteiger partial charge in [0.15, 0.2) is 0 Å². The molecule has 1 saturated carbocycles. The van der Waals surface area contributed by atoms with E-state index >= 15 is 0 Å². The van der Waals surface area contributed by atoms with E-state index in [2.05, 4.69) is 0 Å². The van der Waals surface area contributed by atoms with Crippen molar-refractivity contribution in [1.29, 1.82) is 0 Å². The van der Waals surface area contributed by atoms with Crippen LogP contribution in [0, 0.1) is 5.92 Å². The van der Waals surface area contributed by atoms with Crippen LogP contribution in [0.5, 0.6) is 0 Å². The van der Waals surface area contributed by atoms with Gasteiger partial charge in [-0.3, -0.25) is 4.79 Å². The molecule has 2 fully saturated rings. The Morgan fingerprint density at radius 2 is 1.59 bits per heavy atom. The van der Waals surface area contributed by atoms with Crippen LogP contribution in [-0.2, 0) is 27.4 Å². The summed E-state index contributed by atoms with van der Waals surface area (Å²) in [5.74, 6) is 0.200. The van der Waals surface area contributed by atoms with Gasteiger partial charge in [0.1, 0.15) is 12.6 Å². The molecule has 4 rings (SSSR count). The van der Waals surface area contributed by atoms with Crippen molar-refractivity contribution in [3.63, 3.8) is 0 Å². The molecule has 2 aliphatic rings. The van der Waals surface area contributed by atoms with E-state index in [9.17, 15) is 9.59 Å². The maximum Gasteiger partial charge on any atom is 0.329 e. The highest BCUT2D eigenvalue weighted by Crippen LogP contribution is 2.42. The highest BCUT2D eigenvalue weighted by atomic mass is 16.5. The van der Waals surface area contributed by atoms with Crippen LogP contribution in [0.3, 0.4) is 0 Å². The molecular formula is C23H25NO3. The summed E-state index contributed by atoms with van der Waals surface area (Å²) < 4.78 is 5.58. The Kier molecular flexibility index (Phi) is 5.23. The summed E-state index contributed by atoms with van der Waals surface area (Å²) in [5.41, 5.74) is 1.95. The third-order valence-corrected chi connectivity index (χ3v) is 5.82. The monoisotopic (exact) mass is 363 g/mol. The standard InChI is InChI=1S/C23H25NO3/c25-22(14-17-8-3-1-4-9-17)24-20-13-7-12-19(20)15-21(24)23(26)27-16-18-10-5-2-6-11-18/h1-6,8-11,19-21H,7,12-16H2/t19-,20-,21-/m0/s1. The molecule has 2 aromatic carbocycles. The number of fused-ring (bicyclic) bond motifs is 1. The molecule has 2 aromatic rings. The van der Waals surface area contributed by atoms with E-state index in [1.54, 1.807) is 0 Å². The van der Waals surface area contributed by atoms with Crippen LogP contribution in [0.4, 0.5) is 0 Å². The summed E-state index contributed by atoms with van der Waals surface area (Å²) in [5, 5.41) is 0. The molecule has 0 spiro atoms. The zero-order valence-electron chi connectivity index (χ0n) is 15.4. The lowest BCUT2D eigenvalue weighted by Gasteiger charge is -2.29. The van der Waals surface area contributed by atoms with Gasteiger partial charge in [0.05, 0.1) is 6.42 Å². The second kappa shape index (κ2) is 7.95. The molecule has 0 N–H and O–H groups in total. The molecule has 27 heavy (non-hydrogen) atoms. The Bertz CT molecular complexity index is 790. The smallest absolute Gasteiger partial charge is 0.329 e. The number of carbonyl (C=O) groups is 2. The van der Waals surface area contributed by atoms with E-state index in [0.29, 0.717) is 12.3 Å². The number of rotatable bonds is 5. The van der Waals surface area contributed by atoms with Gasteiger partial charge in [-0.2, -0.15) is 0 Å². The lowest BCUT2D eigenvalue weighted by molar-refractivity contribution is -0.155. The van der Waals surface area contributed by atoms with Gasteiger partial charge in [-0.25, -0.2) is 4.79 Å². The van der Waals surface area contributed by atoms with Gasteiger partial charge in [0.25, 0.3) is 0 Å². The second-order valence-corrected chi connectivity index (χ2v) is 7.57. The van der Waals surface area contributed by atoms with E-state index in [-0.39, 0.29) is 24.5 Å². The fourth-order valence-corrected chi connectivity index (χ4v) is 4.55. The molecule has 0 bridgehead atoms. The SMILES string of the molecule is O=C(OCc1ccccc1)[C@@H]1C[C@@H]2CCC[C@@H]2N1C(=O)Cc1ccccc1. The lowest BCUT2D eigenvalue weighted by atomic mass is 10.0. The molecule has 1 aliphatic carbocycles. The van der Waals surface area contributed by atoms with Crippen LogP contribution in [0.25, 0.3) is 0 Å². The topological polar surface area (TPSA) is 46.6 Å². The van der Waals surface area contributed by atoms with E-state index < -0.39 is 6.04 Å². The number of likely N-dealkylation sites (tertiary alicyclic amines) is 1. The highest BCUT2D eigenvalue weighted by Gasteiger charge is 2.49. The molecule has 140 valence electrons. The van der Waals surface area contributed by atoms with E-state index in [0.717, 1.165) is 36.8 Å². The number of nitrogens with zero attached hydrogens (tertiary/aromatic N) is 1. The number of benzene rings is 2. The number of ether oxygens (including phenoxy) is 1. The maximum atomic E-state index is 13.1. The summed E-state index contributed by atoms with van der Waals surface area (Å²) in [6.45, 7) is 0.256. The Labute approximate surface area is 160 Å². The normalized spacial score (nSPS) is 23.9. The van der Waals surface area contributed by atoms with Crippen molar-refractivity contribution in [2.24, 2.45) is 5.92 Å². The van der Waals surface area contributed by atoms with Crippen molar-refractivity contribution in [3.8, 4) is 0 Å². The Morgan fingerprint density at radius 1 is 0.926 bits per heavy atom. The first kappa shape index (κ1) is 17.8. The molecule has 0 radical (unpaired) electrons. The van der Waals surface area contributed by atoms with Gasteiger partial charge in [0, 0.05) is 6.04 Å². The van der Waals surface area contributed by atoms with Gasteiger partial charge in [0.2, 0.25) is 5.91 Å². The van der Waals surface area contributed by atoms with Crippen LogP contribution in [0.1, 0.15) is 36.8 Å². The van der Waals surface area contributed by atoms with Gasteiger partial charge >= 0.3 is 5.97 Å². The number of esters is 1. The number of amides is 1. The fraction of sp³-hybridized carbons (Fsp3) is 0.391. The molecule has 4 heteroatoms. The van der Waals surface area contributed by atoms with Crippen LogP contribution < -0.4 is 0 Å². The number of carbonyl (C=O) groups excluding carboxylic acids is 2. The van der Waals surface area contributed by atoms with Crippen LogP contribution in [0.2, 0.25) is 0 Å². The highest BCUT2D eigenvalue weighted by molar-refractivity contribution is 5.87. The van der Waals surface area contributed by atoms with E-state index in [1.165, 1.54) is 0 Å². The minimum atomic E-state index is -0.444. The molecule has 1 heterocycles. The molecule has 1 aliphatic heterocycles. The summed E-state index contributed by atoms with van der Waals surface area (Å²) in [6.07, 6.45) is 4.30. The summed E-state index contributed by atoms with van der Waals surface area (Å²) >= 11 is 0. The predicted octanol–water partition coefficient (Wildman–Crippen LogP) is 3.74. The first-order valence-electron chi connectivity index (χ1n) is 9.78. The van der Waals surface area contributed by atoms with E-state index in [4.69, 9.17) is 4.74 Å². The zero-order valence-corrected chi connectivity index (χ0v) is 15.4. The molecule has 0 unspecified atom stereocenters. The van der Waals surface area contributed by atoms with Crippen molar-refractivity contribution >= 4 is 11.9 Å². The first-order valence-corrected chi connectivity index (χ1v) is 9.78. The fourth-order valence-electron chi connectivity index (χ4n) is 4.55. The molecule has 0 aromatic heterocycles. The minimum absolute atomic E-state index is 0.0391. The van der Waals surface area contributed by atoms with Crippen molar-refractivity contribution in [3.05, 3.63) is 71.8 Å². The quantitative estimate of drug-likeness (QED) is 0.760. The Hall–Kier alpha value is -2.62. The average Bonchev–Trinajstić information content (AvgIpc) is 3.28. The molecule has 3 atom stereocenters. The zero-order chi connectivity index (χ0) is 18.6.